The Hall–Kier alpha value is -3.62. The van der Waals surface area contributed by atoms with E-state index in [0.717, 1.165) is 28.3 Å². The molecule has 0 spiro atoms. The Labute approximate surface area is 175 Å². The average Bonchev–Trinajstić information content (AvgIpc) is 3.15. The minimum Gasteiger partial charge on any atom is -0.405 e. The van der Waals surface area contributed by atoms with Crippen LogP contribution >= 0.6 is 0 Å². The van der Waals surface area contributed by atoms with Crippen molar-refractivity contribution in [1.82, 2.24) is 19.9 Å². The molecule has 0 aliphatic rings. The van der Waals surface area contributed by atoms with Crippen LogP contribution in [0.25, 0.3) is 16.4 Å². The van der Waals surface area contributed by atoms with Crippen molar-refractivity contribution in [1.29, 1.82) is 0 Å². The number of amides is 1. The average molecular weight is 428 g/mol. The second-order valence-corrected chi connectivity index (χ2v) is 7.30. The quantitative estimate of drug-likeness (QED) is 0.494. The molecule has 1 N–H and O–H groups in total. The number of fused-ring (bicyclic) bond motifs is 3. The number of hydrogen-bond acceptors (Lipinski definition) is 4. The summed E-state index contributed by atoms with van der Waals surface area (Å²) in [5.41, 5.74) is 2.04. The summed E-state index contributed by atoms with van der Waals surface area (Å²) >= 11 is 0. The van der Waals surface area contributed by atoms with E-state index in [1.54, 1.807) is 4.52 Å². The first-order valence-electron chi connectivity index (χ1n) is 9.63. The molecule has 160 valence electrons. The summed E-state index contributed by atoms with van der Waals surface area (Å²) < 4.78 is 43.5. The second kappa shape index (κ2) is 7.90. The molecule has 2 heterocycles. The topological polar surface area (TPSA) is 68.5 Å². The number of ether oxygens (including phenoxy) is 1. The lowest BCUT2D eigenvalue weighted by Crippen LogP contribution is -2.25. The van der Waals surface area contributed by atoms with Gasteiger partial charge in [0.15, 0.2) is 0 Å². The molecule has 0 unspecified atom stereocenters. The molecule has 9 heteroatoms. The summed E-state index contributed by atoms with van der Waals surface area (Å²) in [4.78, 5) is 17.2. The number of para-hydroxylation sites is 2. The maximum atomic E-state index is 12.6. The molecule has 0 radical (unpaired) electrons. The number of halogens is 3. The van der Waals surface area contributed by atoms with Crippen molar-refractivity contribution in [2.24, 2.45) is 0 Å². The fourth-order valence-electron chi connectivity index (χ4n) is 3.35. The molecule has 2 aromatic carbocycles. The van der Waals surface area contributed by atoms with E-state index >= 15 is 0 Å². The lowest BCUT2D eigenvalue weighted by atomic mass is 10.1. The molecular weight excluding hydrogens is 409 g/mol. The van der Waals surface area contributed by atoms with Gasteiger partial charge in [0, 0.05) is 11.3 Å². The van der Waals surface area contributed by atoms with E-state index in [1.807, 2.05) is 44.2 Å². The highest BCUT2D eigenvalue weighted by Gasteiger charge is 2.32. The number of carbonyl (C=O) groups is 1. The van der Waals surface area contributed by atoms with Gasteiger partial charge in [-0.1, -0.05) is 44.2 Å². The third kappa shape index (κ3) is 4.30. The van der Waals surface area contributed by atoms with Gasteiger partial charge in [-0.25, -0.2) is 9.50 Å². The van der Waals surface area contributed by atoms with Crippen molar-refractivity contribution in [3.05, 3.63) is 71.7 Å². The van der Waals surface area contributed by atoms with Gasteiger partial charge in [0.1, 0.15) is 11.6 Å². The van der Waals surface area contributed by atoms with Gasteiger partial charge in [0.25, 0.3) is 5.91 Å². The number of aromatic nitrogens is 3. The van der Waals surface area contributed by atoms with Crippen LogP contribution in [-0.4, -0.2) is 26.9 Å². The summed E-state index contributed by atoms with van der Waals surface area (Å²) in [5, 5.41) is 8.09. The molecule has 0 saturated heterocycles. The molecule has 0 bridgehead atoms. The van der Waals surface area contributed by atoms with Gasteiger partial charge < -0.3 is 10.1 Å². The first-order valence-corrected chi connectivity index (χ1v) is 9.63. The maximum absolute atomic E-state index is 12.6. The van der Waals surface area contributed by atoms with Crippen molar-refractivity contribution in [3.8, 4) is 5.75 Å². The van der Waals surface area contributed by atoms with Crippen molar-refractivity contribution in [2.75, 3.05) is 0 Å². The fourth-order valence-corrected chi connectivity index (χ4v) is 3.35. The van der Waals surface area contributed by atoms with Crippen LogP contribution in [-0.2, 0) is 6.54 Å². The van der Waals surface area contributed by atoms with Crippen LogP contribution in [0.5, 0.6) is 5.75 Å². The number of rotatable bonds is 5. The highest BCUT2D eigenvalue weighted by atomic mass is 19.4. The monoisotopic (exact) mass is 428 g/mol. The van der Waals surface area contributed by atoms with E-state index in [9.17, 15) is 18.0 Å². The Morgan fingerprint density at radius 3 is 2.58 bits per heavy atom. The molecule has 1 amide bonds. The van der Waals surface area contributed by atoms with Crippen LogP contribution in [0.1, 0.15) is 41.6 Å². The SMILES string of the molecule is CC(C)c1nc2ccccc2c2cc(CNC(=O)c3ccccc3OC(F)(F)F)nn12. The van der Waals surface area contributed by atoms with Gasteiger partial charge in [0.2, 0.25) is 0 Å². The summed E-state index contributed by atoms with van der Waals surface area (Å²) in [6.07, 6.45) is -4.89. The van der Waals surface area contributed by atoms with E-state index in [2.05, 4.69) is 15.2 Å². The first-order chi connectivity index (χ1) is 14.7. The molecule has 0 fully saturated rings. The summed E-state index contributed by atoms with van der Waals surface area (Å²) in [6.45, 7) is 4.06. The Morgan fingerprint density at radius 2 is 1.84 bits per heavy atom. The summed E-state index contributed by atoms with van der Waals surface area (Å²) in [5.74, 6) is -0.361. The standard InChI is InChI=1S/C22H19F3N4O2/c1-13(2)20-27-17-9-5-3-7-15(17)18-11-14(28-29(18)20)12-26-21(30)16-8-4-6-10-19(16)31-22(23,24)25/h3-11,13H,12H2,1-2H3,(H,26,30). The fraction of sp³-hybridized carbons (Fsp3) is 0.227. The highest BCUT2D eigenvalue weighted by Crippen LogP contribution is 2.27. The van der Waals surface area contributed by atoms with Crippen LogP contribution in [0.2, 0.25) is 0 Å². The van der Waals surface area contributed by atoms with Crippen LogP contribution < -0.4 is 10.1 Å². The predicted molar refractivity (Wildman–Crippen MR) is 109 cm³/mol. The van der Waals surface area contributed by atoms with Crippen LogP contribution in [0.4, 0.5) is 13.2 Å². The minimum atomic E-state index is -4.89. The van der Waals surface area contributed by atoms with Crippen LogP contribution in [0, 0.1) is 0 Å². The summed E-state index contributed by atoms with van der Waals surface area (Å²) in [6, 6.07) is 14.7. The number of carbonyl (C=O) groups excluding carboxylic acids is 1. The van der Waals surface area contributed by atoms with Crippen molar-refractivity contribution in [3.63, 3.8) is 0 Å². The molecule has 6 nitrogen and oxygen atoms in total. The molecule has 0 saturated carbocycles. The Morgan fingerprint density at radius 1 is 1.13 bits per heavy atom. The van der Waals surface area contributed by atoms with E-state index in [-0.39, 0.29) is 18.0 Å². The number of benzene rings is 2. The zero-order chi connectivity index (χ0) is 22.2. The number of nitrogens with zero attached hydrogens (tertiary/aromatic N) is 3. The van der Waals surface area contributed by atoms with Crippen LogP contribution in [0.3, 0.4) is 0 Å². The molecule has 0 atom stereocenters. The molecule has 0 aliphatic carbocycles. The smallest absolute Gasteiger partial charge is 0.405 e. The molecular formula is C22H19F3N4O2. The summed E-state index contributed by atoms with van der Waals surface area (Å²) in [7, 11) is 0. The zero-order valence-corrected chi connectivity index (χ0v) is 16.8. The number of nitrogens with one attached hydrogen (secondary N) is 1. The van der Waals surface area contributed by atoms with Gasteiger partial charge in [-0.15, -0.1) is 13.2 Å². The molecule has 31 heavy (non-hydrogen) atoms. The van der Waals surface area contributed by atoms with Gasteiger partial charge in [-0.05, 0) is 24.3 Å². The van der Waals surface area contributed by atoms with E-state index < -0.39 is 18.0 Å². The second-order valence-electron chi connectivity index (χ2n) is 7.30. The maximum Gasteiger partial charge on any atom is 0.573 e. The third-order valence-electron chi connectivity index (χ3n) is 4.70. The molecule has 4 rings (SSSR count). The highest BCUT2D eigenvalue weighted by molar-refractivity contribution is 5.97. The lowest BCUT2D eigenvalue weighted by molar-refractivity contribution is -0.274. The number of hydrogen-bond donors (Lipinski definition) is 1. The Bertz CT molecular complexity index is 1260. The van der Waals surface area contributed by atoms with Gasteiger partial charge in [-0.2, -0.15) is 5.10 Å². The lowest BCUT2D eigenvalue weighted by Gasteiger charge is -2.12. The van der Waals surface area contributed by atoms with Crippen LogP contribution in [0.15, 0.2) is 54.6 Å². The van der Waals surface area contributed by atoms with Gasteiger partial charge >= 0.3 is 6.36 Å². The molecule has 2 aromatic heterocycles. The third-order valence-corrected chi connectivity index (χ3v) is 4.70. The largest absolute Gasteiger partial charge is 0.573 e. The normalized spacial score (nSPS) is 11.9. The Kier molecular flexibility index (Phi) is 5.26. The van der Waals surface area contributed by atoms with E-state index in [0.29, 0.717) is 5.69 Å². The first kappa shape index (κ1) is 20.6. The van der Waals surface area contributed by atoms with Crippen molar-refractivity contribution >= 4 is 22.3 Å². The van der Waals surface area contributed by atoms with Gasteiger partial charge in [0.05, 0.1) is 28.8 Å². The van der Waals surface area contributed by atoms with Crippen molar-refractivity contribution < 1.29 is 22.7 Å². The molecule has 0 aliphatic heterocycles. The van der Waals surface area contributed by atoms with Crippen molar-refractivity contribution in [2.45, 2.75) is 32.7 Å². The zero-order valence-electron chi connectivity index (χ0n) is 16.8. The Balaban J connectivity index is 1.63. The van der Waals surface area contributed by atoms with E-state index in [1.165, 1.54) is 18.2 Å². The predicted octanol–water partition coefficient (Wildman–Crippen LogP) is 4.83. The molecule has 4 aromatic rings. The van der Waals surface area contributed by atoms with E-state index in [4.69, 9.17) is 4.98 Å². The van der Waals surface area contributed by atoms with Gasteiger partial charge in [-0.3, -0.25) is 4.79 Å². The minimum absolute atomic E-state index is 0.0345. The number of alkyl halides is 3.